The number of aromatic nitrogens is 2. The van der Waals surface area contributed by atoms with Gasteiger partial charge in [-0.15, -0.1) is 0 Å². The number of hydrogen-bond acceptors (Lipinski definition) is 4. The highest BCUT2D eigenvalue weighted by molar-refractivity contribution is 5.78. The van der Waals surface area contributed by atoms with Gasteiger partial charge in [0, 0.05) is 20.2 Å². The maximum atomic E-state index is 5.48. The summed E-state index contributed by atoms with van der Waals surface area (Å²) in [6.07, 6.45) is 0. The number of imidazole rings is 1. The fourth-order valence-electron chi connectivity index (χ4n) is 2.26. The maximum Gasteiger partial charge on any atom is 0.136 e. The fourth-order valence-corrected chi connectivity index (χ4v) is 2.26. The van der Waals surface area contributed by atoms with E-state index in [4.69, 9.17) is 15.2 Å². The molecule has 5 heteroatoms. The average Bonchev–Trinajstić information content (AvgIpc) is 2.73. The molecule has 0 aliphatic heterocycles. The molecule has 0 saturated carbocycles. The zero-order chi connectivity index (χ0) is 14.5. The maximum absolute atomic E-state index is 5.48. The lowest BCUT2D eigenvalue weighted by Crippen LogP contribution is -2.14. The van der Waals surface area contributed by atoms with E-state index in [1.54, 1.807) is 7.11 Å². The van der Waals surface area contributed by atoms with Crippen LogP contribution in [0.1, 0.15) is 17.0 Å². The normalized spacial score (nSPS) is 11.4. The number of nitrogens with zero attached hydrogens (tertiary/aromatic N) is 2. The third kappa shape index (κ3) is 3.17. The van der Waals surface area contributed by atoms with Crippen LogP contribution in [-0.4, -0.2) is 36.4 Å². The van der Waals surface area contributed by atoms with E-state index in [0.717, 1.165) is 23.4 Å². The van der Waals surface area contributed by atoms with Crippen LogP contribution in [-0.2, 0) is 22.6 Å². The predicted octanol–water partition coefficient (Wildman–Crippen LogP) is 1.77. The molecule has 5 nitrogen and oxygen atoms in total. The van der Waals surface area contributed by atoms with Crippen molar-refractivity contribution in [3.05, 3.63) is 29.1 Å². The highest BCUT2D eigenvalue weighted by atomic mass is 16.5. The van der Waals surface area contributed by atoms with E-state index in [9.17, 15) is 0 Å². The topological polar surface area (TPSA) is 62.3 Å². The van der Waals surface area contributed by atoms with Crippen molar-refractivity contribution in [1.29, 1.82) is 0 Å². The zero-order valence-electron chi connectivity index (χ0n) is 12.5. The van der Waals surface area contributed by atoms with Crippen LogP contribution in [0.25, 0.3) is 11.0 Å². The summed E-state index contributed by atoms with van der Waals surface area (Å²) >= 11 is 0. The van der Waals surface area contributed by atoms with Crippen LogP contribution >= 0.6 is 0 Å². The SMILES string of the molecule is COCc1nc2cc(C)c(C)cc2n1CCOCCN. The van der Waals surface area contributed by atoms with Gasteiger partial charge in [-0.05, 0) is 37.1 Å². The molecule has 2 N–H and O–H groups in total. The molecule has 0 amide bonds. The van der Waals surface area contributed by atoms with Crippen molar-refractivity contribution in [2.24, 2.45) is 5.73 Å². The van der Waals surface area contributed by atoms with Crippen LogP contribution < -0.4 is 5.73 Å². The summed E-state index contributed by atoms with van der Waals surface area (Å²) in [6, 6.07) is 4.31. The molecule has 110 valence electrons. The lowest BCUT2D eigenvalue weighted by Gasteiger charge is -2.10. The molecule has 0 spiro atoms. The van der Waals surface area contributed by atoms with Gasteiger partial charge in [-0.1, -0.05) is 0 Å². The van der Waals surface area contributed by atoms with Crippen molar-refractivity contribution >= 4 is 11.0 Å². The molecule has 0 fully saturated rings. The Bertz CT molecular complexity index is 578. The molecule has 0 bridgehead atoms. The van der Waals surface area contributed by atoms with Gasteiger partial charge in [-0.25, -0.2) is 4.98 Å². The number of rotatable bonds is 7. The molecule has 0 atom stereocenters. The minimum absolute atomic E-state index is 0.504. The van der Waals surface area contributed by atoms with Gasteiger partial charge in [0.05, 0.1) is 24.2 Å². The summed E-state index contributed by atoms with van der Waals surface area (Å²) in [5.41, 5.74) is 10.1. The van der Waals surface area contributed by atoms with Crippen LogP contribution in [0.3, 0.4) is 0 Å². The predicted molar refractivity (Wildman–Crippen MR) is 79.8 cm³/mol. The van der Waals surface area contributed by atoms with E-state index in [1.807, 2.05) is 0 Å². The smallest absolute Gasteiger partial charge is 0.136 e. The molecular formula is C15H23N3O2. The average molecular weight is 277 g/mol. The Hall–Kier alpha value is -1.43. The summed E-state index contributed by atoms with van der Waals surface area (Å²) in [5, 5.41) is 0. The number of aryl methyl sites for hydroxylation is 2. The van der Waals surface area contributed by atoms with Crippen molar-refractivity contribution in [2.45, 2.75) is 27.0 Å². The Morgan fingerprint density at radius 3 is 2.65 bits per heavy atom. The van der Waals surface area contributed by atoms with Crippen LogP contribution in [0.2, 0.25) is 0 Å². The van der Waals surface area contributed by atoms with Crippen molar-refractivity contribution in [2.75, 3.05) is 26.9 Å². The first kappa shape index (κ1) is 15.0. The van der Waals surface area contributed by atoms with Crippen LogP contribution in [0, 0.1) is 13.8 Å². The second-order valence-corrected chi connectivity index (χ2v) is 4.94. The van der Waals surface area contributed by atoms with Gasteiger partial charge >= 0.3 is 0 Å². The van der Waals surface area contributed by atoms with Crippen molar-refractivity contribution in [3.8, 4) is 0 Å². The van der Waals surface area contributed by atoms with E-state index < -0.39 is 0 Å². The first-order valence-electron chi connectivity index (χ1n) is 6.90. The van der Waals surface area contributed by atoms with Gasteiger partial charge in [-0.2, -0.15) is 0 Å². The Morgan fingerprint density at radius 1 is 1.20 bits per heavy atom. The quantitative estimate of drug-likeness (QED) is 0.784. The van der Waals surface area contributed by atoms with E-state index in [-0.39, 0.29) is 0 Å². The molecular weight excluding hydrogens is 254 g/mol. The number of nitrogens with two attached hydrogens (primary N) is 1. The summed E-state index contributed by atoms with van der Waals surface area (Å²) in [7, 11) is 1.69. The van der Waals surface area contributed by atoms with Gasteiger partial charge in [0.2, 0.25) is 0 Å². The monoisotopic (exact) mass is 277 g/mol. The third-order valence-electron chi connectivity index (χ3n) is 3.44. The number of ether oxygens (including phenoxy) is 2. The van der Waals surface area contributed by atoms with Gasteiger partial charge in [0.15, 0.2) is 0 Å². The van der Waals surface area contributed by atoms with E-state index in [0.29, 0.717) is 26.4 Å². The largest absolute Gasteiger partial charge is 0.378 e. The van der Waals surface area contributed by atoms with E-state index in [2.05, 4.69) is 35.5 Å². The van der Waals surface area contributed by atoms with Crippen LogP contribution in [0.15, 0.2) is 12.1 Å². The number of methoxy groups -OCH3 is 1. The highest BCUT2D eigenvalue weighted by Crippen LogP contribution is 2.21. The molecule has 0 aliphatic rings. The first-order chi connectivity index (χ1) is 9.67. The Balaban J connectivity index is 2.32. The summed E-state index contributed by atoms with van der Waals surface area (Å²) in [6.45, 7) is 7.26. The minimum atomic E-state index is 0.504. The molecule has 20 heavy (non-hydrogen) atoms. The Labute approximate surface area is 119 Å². The molecule has 0 unspecified atom stereocenters. The van der Waals surface area contributed by atoms with Gasteiger partial charge in [0.25, 0.3) is 0 Å². The van der Waals surface area contributed by atoms with Crippen molar-refractivity contribution in [1.82, 2.24) is 9.55 Å². The minimum Gasteiger partial charge on any atom is -0.378 e. The molecule has 2 aromatic rings. The lowest BCUT2D eigenvalue weighted by molar-refractivity contribution is 0.129. The van der Waals surface area contributed by atoms with Gasteiger partial charge in [-0.3, -0.25) is 0 Å². The van der Waals surface area contributed by atoms with E-state index >= 15 is 0 Å². The number of hydrogen-bond donors (Lipinski definition) is 1. The first-order valence-corrected chi connectivity index (χ1v) is 6.90. The Morgan fingerprint density at radius 2 is 1.95 bits per heavy atom. The number of benzene rings is 1. The highest BCUT2D eigenvalue weighted by Gasteiger charge is 2.11. The second kappa shape index (κ2) is 6.83. The standard InChI is InChI=1S/C15H23N3O2/c1-11-8-13-14(9-12(11)2)18(5-7-20-6-4-16)15(17-13)10-19-3/h8-9H,4-7,10,16H2,1-3H3. The van der Waals surface area contributed by atoms with Gasteiger partial charge in [0.1, 0.15) is 12.4 Å². The van der Waals surface area contributed by atoms with Crippen LogP contribution in [0.4, 0.5) is 0 Å². The second-order valence-electron chi connectivity index (χ2n) is 4.94. The summed E-state index contributed by atoms with van der Waals surface area (Å²) in [4.78, 5) is 4.66. The molecule has 2 rings (SSSR count). The Kier molecular flexibility index (Phi) is 5.11. The molecule has 1 aromatic heterocycles. The molecule has 0 aliphatic carbocycles. The molecule has 1 aromatic carbocycles. The number of fused-ring (bicyclic) bond motifs is 1. The van der Waals surface area contributed by atoms with E-state index in [1.165, 1.54) is 11.1 Å². The third-order valence-corrected chi connectivity index (χ3v) is 3.44. The van der Waals surface area contributed by atoms with Crippen molar-refractivity contribution < 1.29 is 9.47 Å². The fraction of sp³-hybridized carbons (Fsp3) is 0.533. The lowest BCUT2D eigenvalue weighted by atomic mass is 10.1. The molecule has 1 heterocycles. The summed E-state index contributed by atoms with van der Waals surface area (Å²) < 4.78 is 12.9. The van der Waals surface area contributed by atoms with Gasteiger partial charge < -0.3 is 19.8 Å². The zero-order valence-corrected chi connectivity index (χ0v) is 12.5. The van der Waals surface area contributed by atoms with Crippen LogP contribution in [0.5, 0.6) is 0 Å². The summed E-state index contributed by atoms with van der Waals surface area (Å²) in [5.74, 6) is 0.934. The van der Waals surface area contributed by atoms with Crippen molar-refractivity contribution in [3.63, 3.8) is 0 Å². The molecule has 0 radical (unpaired) electrons. The molecule has 0 saturated heterocycles.